The van der Waals surface area contributed by atoms with Crippen molar-refractivity contribution in [2.45, 2.75) is 68.0 Å². The first-order valence-corrected chi connectivity index (χ1v) is 12.2. The van der Waals surface area contributed by atoms with Crippen LogP contribution in [-0.2, 0) is 16.1 Å². The molecule has 0 aliphatic carbocycles. The molecule has 1 amide bonds. The number of carbonyl (C=O) groups excluding carboxylic acids is 1. The number of aryl methyl sites for hydroxylation is 1. The predicted molar refractivity (Wildman–Crippen MR) is 120 cm³/mol. The van der Waals surface area contributed by atoms with Crippen molar-refractivity contribution in [2.24, 2.45) is 0 Å². The molecule has 0 spiro atoms. The number of anilines is 1. The van der Waals surface area contributed by atoms with Crippen LogP contribution in [0, 0.1) is 13.8 Å². The first-order chi connectivity index (χ1) is 14.0. The third kappa shape index (κ3) is 4.67. The van der Waals surface area contributed by atoms with Crippen LogP contribution in [0.25, 0.3) is 0 Å². The van der Waals surface area contributed by atoms with Gasteiger partial charge in [-0.3, -0.25) is 4.79 Å². The highest BCUT2D eigenvalue weighted by molar-refractivity contribution is 8.00. The predicted octanol–water partition coefficient (Wildman–Crippen LogP) is 4.69. The van der Waals surface area contributed by atoms with E-state index in [1.165, 1.54) is 10.6 Å². The highest BCUT2D eigenvalue weighted by Gasteiger charge is 2.25. The summed E-state index contributed by atoms with van der Waals surface area (Å²) in [4.78, 5) is 21.1. The third-order valence-electron chi connectivity index (χ3n) is 5.70. The van der Waals surface area contributed by atoms with Crippen molar-refractivity contribution in [3.63, 3.8) is 0 Å². The van der Waals surface area contributed by atoms with E-state index in [1.807, 2.05) is 29.7 Å². The van der Waals surface area contributed by atoms with Gasteiger partial charge in [-0.15, -0.1) is 11.8 Å². The zero-order valence-electron chi connectivity index (χ0n) is 17.4. The molecule has 0 radical (unpaired) electrons. The second-order valence-corrected chi connectivity index (χ2v) is 10.3. The number of fused-ring (bicyclic) bond motifs is 1. The summed E-state index contributed by atoms with van der Waals surface area (Å²) in [5, 5.41) is 1.44. The van der Waals surface area contributed by atoms with Gasteiger partial charge in [-0.25, -0.2) is 4.98 Å². The van der Waals surface area contributed by atoms with Gasteiger partial charge in [-0.2, -0.15) is 0 Å². The van der Waals surface area contributed by atoms with Crippen LogP contribution in [0.5, 0.6) is 0 Å². The second kappa shape index (κ2) is 9.14. The van der Waals surface area contributed by atoms with E-state index < -0.39 is 0 Å². The molecule has 156 valence electrons. The molecule has 0 unspecified atom stereocenters. The summed E-state index contributed by atoms with van der Waals surface area (Å²) >= 11 is 3.41. The molecule has 0 N–H and O–H groups in total. The molecular weight excluding hydrogens is 402 g/mol. The molecular formula is C22H29N3O2S2. The van der Waals surface area contributed by atoms with Crippen molar-refractivity contribution in [1.29, 1.82) is 0 Å². The SMILES string of the molecule is Cc1nc(SCC(=O)N2CC[C@H](C)Sc3ccccc32)n(C[C@@H]2CCCO2)c1C. The second-order valence-electron chi connectivity index (χ2n) is 7.83. The Hall–Kier alpha value is -1.44. The van der Waals surface area contributed by atoms with Gasteiger partial charge in [-0.1, -0.05) is 30.8 Å². The minimum Gasteiger partial charge on any atom is -0.376 e. The summed E-state index contributed by atoms with van der Waals surface area (Å²) in [5.74, 6) is 0.550. The lowest BCUT2D eigenvalue weighted by Crippen LogP contribution is -2.33. The van der Waals surface area contributed by atoms with Crippen molar-refractivity contribution in [2.75, 3.05) is 23.8 Å². The van der Waals surface area contributed by atoms with Crippen LogP contribution in [0.15, 0.2) is 34.3 Å². The Balaban J connectivity index is 1.48. The third-order valence-corrected chi connectivity index (χ3v) is 7.90. The molecule has 2 aliphatic heterocycles. The number of amides is 1. The van der Waals surface area contributed by atoms with E-state index in [1.54, 1.807) is 11.8 Å². The zero-order valence-corrected chi connectivity index (χ0v) is 19.0. The number of para-hydroxylation sites is 1. The Morgan fingerprint density at radius 2 is 2.14 bits per heavy atom. The number of benzene rings is 1. The maximum atomic E-state index is 13.2. The van der Waals surface area contributed by atoms with E-state index in [4.69, 9.17) is 9.72 Å². The summed E-state index contributed by atoms with van der Waals surface area (Å²) in [6, 6.07) is 8.25. The lowest BCUT2D eigenvalue weighted by atomic mass is 10.2. The van der Waals surface area contributed by atoms with Gasteiger partial charge >= 0.3 is 0 Å². The van der Waals surface area contributed by atoms with Crippen LogP contribution in [-0.4, -0.2) is 45.7 Å². The van der Waals surface area contributed by atoms with E-state index >= 15 is 0 Å². The Morgan fingerprint density at radius 3 is 2.93 bits per heavy atom. The molecule has 0 saturated carbocycles. The molecule has 1 aromatic heterocycles. The first kappa shape index (κ1) is 20.8. The Bertz CT molecular complexity index is 877. The molecule has 1 fully saturated rings. The van der Waals surface area contributed by atoms with Crippen molar-refractivity contribution >= 4 is 35.1 Å². The minimum absolute atomic E-state index is 0.152. The van der Waals surface area contributed by atoms with Gasteiger partial charge in [0.2, 0.25) is 5.91 Å². The Kier molecular flexibility index (Phi) is 6.56. The summed E-state index contributed by atoms with van der Waals surface area (Å²) in [7, 11) is 0. The van der Waals surface area contributed by atoms with Gasteiger partial charge in [0, 0.05) is 29.0 Å². The highest BCUT2D eigenvalue weighted by Crippen LogP contribution is 2.37. The average molecular weight is 432 g/mol. The smallest absolute Gasteiger partial charge is 0.237 e. The van der Waals surface area contributed by atoms with Crippen molar-refractivity contribution in [1.82, 2.24) is 9.55 Å². The fraction of sp³-hybridized carbons (Fsp3) is 0.545. The molecule has 7 heteroatoms. The highest BCUT2D eigenvalue weighted by atomic mass is 32.2. The number of hydrogen-bond acceptors (Lipinski definition) is 5. The molecule has 3 heterocycles. The molecule has 2 atom stereocenters. The lowest BCUT2D eigenvalue weighted by Gasteiger charge is -2.22. The van der Waals surface area contributed by atoms with Gasteiger partial charge in [0.25, 0.3) is 0 Å². The Labute approximate surface area is 181 Å². The van der Waals surface area contributed by atoms with E-state index in [-0.39, 0.29) is 12.0 Å². The summed E-state index contributed by atoms with van der Waals surface area (Å²) in [5.41, 5.74) is 3.24. The summed E-state index contributed by atoms with van der Waals surface area (Å²) in [6.07, 6.45) is 3.48. The summed E-state index contributed by atoms with van der Waals surface area (Å²) in [6.45, 7) is 8.82. The van der Waals surface area contributed by atoms with E-state index in [2.05, 4.69) is 36.6 Å². The maximum absolute atomic E-state index is 13.2. The van der Waals surface area contributed by atoms with Crippen LogP contribution in [0.1, 0.15) is 37.6 Å². The zero-order chi connectivity index (χ0) is 20.4. The van der Waals surface area contributed by atoms with Gasteiger partial charge in [0.1, 0.15) is 0 Å². The number of hydrogen-bond donors (Lipinski definition) is 0. The molecule has 2 aliphatic rings. The topological polar surface area (TPSA) is 47.4 Å². The number of imidazole rings is 1. The molecule has 4 rings (SSSR count). The van der Waals surface area contributed by atoms with Crippen molar-refractivity contribution in [3.8, 4) is 0 Å². The number of nitrogens with zero attached hydrogens (tertiary/aromatic N) is 3. The van der Waals surface area contributed by atoms with Gasteiger partial charge < -0.3 is 14.2 Å². The van der Waals surface area contributed by atoms with E-state index in [9.17, 15) is 4.79 Å². The fourth-order valence-corrected chi connectivity index (χ4v) is 5.98. The molecule has 2 aromatic rings. The largest absolute Gasteiger partial charge is 0.376 e. The lowest BCUT2D eigenvalue weighted by molar-refractivity contribution is -0.116. The number of carbonyl (C=O) groups is 1. The number of ether oxygens (including phenoxy) is 1. The van der Waals surface area contributed by atoms with Crippen molar-refractivity contribution in [3.05, 3.63) is 35.7 Å². The molecule has 5 nitrogen and oxygen atoms in total. The fourth-order valence-electron chi connectivity index (χ4n) is 3.89. The van der Waals surface area contributed by atoms with Crippen molar-refractivity contribution < 1.29 is 9.53 Å². The van der Waals surface area contributed by atoms with Crippen LogP contribution in [0.3, 0.4) is 0 Å². The number of thioether (sulfide) groups is 2. The van der Waals surface area contributed by atoms with E-state index in [0.29, 0.717) is 11.0 Å². The van der Waals surface area contributed by atoms with Crippen LogP contribution >= 0.6 is 23.5 Å². The van der Waals surface area contributed by atoms with Crippen LogP contribution < -0.4 is 4.90 Å². The van der Waals surface area contributed by atoms with Crippen LogP contribution in [0.4, 0.5) is 5.69 Å². The standard InChI is InChI=1S/C22H29N3O2S2/c1-15-10-11-24(19-8-4-5-9-20(19)29-15)21(26)14-28-22-23-16(2)17(3)25(22)13-18-7-6-12-27-18/h4-5,8-9,15,18H,6-7,10-14H2,1-3H3/t15-,18-/m0/s1. The minimum atomic E-state index is 0.152. The molecule has 1 saturated heterocycles. The maximum Gasteiger partial charge on any atom is 0.237 e. The molecule has 0 bridgehead atoms. The first-order valence-electron chi connectivity index (χ1n) is 10.4. The Morgan fingerprint density at radius 1 is 1.31 bits per heavy atom. The normalized spacial score (nSPS) is 21.8. The van der Waals surface area contributed by atoms with Gasteiger partial charge in [-0.05, 0) is 45.2 Å². The van der Waals surface area contributed by atoms with E-state index in [0.717, 1.165) is 55.5 Å². The molecule has 1 aromatic carbocycles. The van der Waals surface area contributed by atoms with Gasteiger partial charge in [0.05, 0.1) is 29.8 Å². The number of aromatic nitrogens is 2. The monoisotopic (exact) mass is 431 g/mol. The average Bonchev–Trinajstić information content (AvgIpc) is 3.26. The number of rotatable bonds is 5. The van der Waals surface area contributed by atoms with Gasteiger partial charge in [0.15, 0.2) is 5.16 Å². The quantitative estimate of drug-likeness (QED) is 0.643. The molecule has 29 heavy (non-hydrogen) atoms. The van der Waals surface area contributed by atoms with Crippen LogP contribution in [0.2, 0.25) is 0 Å². The summed E-state index contributed by atoms with van der Waals surface area (Å²) < 4.78 is 8.06.